The summed E-state index contributed by atoms with van der Waals surface area (Å²) < 4.78 is 7.83. The highest BCUT2D eigenvalue weighted by Gasteiger charge is 2.30. The molecule has 6 heteroatoms. The van der Waals surface area contributed by atoms with Gasteiger partial charge in [-0.25, -0.2) is 4.68 Å². The quantitative estimate of drug-likeness (QED) is 0.489. The van der Waals surface area contributed by atoms with Crippen molar-refractivity contribution >= 4 is 11.9 Å². The Hall–Kier alpha value is -3.80. The number of nitrogens with zero attached hydrogens (tertiary/aromatic N) is 3. The van der Waals surface area contributed by atoms with E-state index in [-0.39, 0.29) is 18.0 Å². The maximum absolute atomic E-state index is 5.94. The molecule has 1 aliphatic heterocycles. The van der Waals surface area contributed by atoms with Crippen molar-refractivity contribution in [2.45, 2.75) is 32.0 Å². The summed E-state index contributed by atoms with van der Waals surface area (Å²) in [6, 6.07) is 27.2. The molecule has 5 rings (SSSR count). The van der Waals surface area contributed by atoms with Gasteiger partial charge in [0.05, 0.1) is 12.1 Å². The predicted molar refractivity (Wildman–Crippen MR) is 122 cm³/mol. The van der Waals surface area contributed by atoms with E-state index in [0.717, 1.165) is 23.3 Å². The number of anilines is 2. The number of nitrogens with two attached hydrogens (primary N) is 1. The molecule has 1 aromatic heterocycles. The fourth-order valence-electron chi connectivity index (χ4n) is 4.02. The van der Waals surface area contributed by atoms with Crippen LogP contribution in [0.2, 0.25) is 0 Å². The van der Waals surface area contributed by atoms with Crippen LogP contribution in [0.4, 0.5) is 11.9 Å². The Morgan fingerprint density at radius 1 is 0.968 bits per heavy atom. The fraction of sp³-hybridized carbons (Fsp3) is 0.200. The average Bonchev–Trinajstić information content (AvgIpc) is 3.19. The van der Waals surface area contributed by atoms with Crippen LogP contribution in [0.15, 0.2) is 78.9 Å². The first kappa shape index (κ1) is 19.2. The number of hydrogen-bond donors (Lipinski definition) is 2. The van der Waals surface area contributed by atoms with E-state index in [1.165, 1.54) is 11.1 Å². The first-order valence-electron chi connectivity index (χ1n) is 10.5. The largest absolute Gasteiger partial charge is 0.489 e. The van der Waals surface area contributed by atoms with Crippen LogP contribution in [0.5, 0.6) is 5.75 Å². The summed E-state index contributed by atoms with van der Waals surface area (Å²) in [6.45, 7) is 2.65. The molecular weight excluding hydrogens is 386 g/mol. The van der Waals surface area contributed by atoms with E-state index in [1.807, 2.05) is 35.0 Å². The molecule has 6 nitrogen and oxygen atoms in total. The van der Waals surface area contributed by atoms with Gasteiger partial charge < -0.3 is 15.8 Å². The Labute approximate surface area is 181 Å². The fourth-order valence-corrected chi connectivity index (χ4v) is 4.02. The summed E-state index contributed by atoms with van der Waals surface area (Å²) >= 11 is 0. The number of nitrogens with one attached hydrogen (secondary N) is 1. The van der Waals surface area contributed by atoms with Crippen LogP contribution in [0, 0.1) is 6.92 Å². The van der Waals surface area contributed by atoms with Crippen molar-refractivity contribution in [3.63, 3.8) is 0 Å². The van der Waals surface area contributed by atoms with Crippen molar-refractivity contribution in [3.8, 4) is 5.75 Å². The number of aromatic nitrogens is 3. The molecule has 2 atom stereocenters. The topological polar surface area (TPSA) is 78.0 Å². The van der Waals surface area contributed by atoms with Crippen LogP contribution >= 0.6 is 0 Å². The second-order valence-corrected chi connectivity index (χ2v) is 7.94. The first-order chi connectivity index (χ1) is 15.2. The number of ether oxygens (including phenoxy) is 1. The van der Waals surface area contributed by atoms with Gasteiger partial charge in [-0.2, -0.15) is 4.98 Å². The van der Waals surface area contributed by atoms with Gasteiger partial charge in [-0.05, 0) is 42.2 Å². The minimum Gasteiger partial charge on any atom is -0.489 e. The molecule has 156 valence electrons. The molecule has 2 unspecified atom stereocenters. The van der Waals surface area contributed by atoms with Crippen molar-refractivity contribution in [2.24, 2.45) is 0 Å². The molecule has 0 spiro atoms. The van der Waals surface area contributed by atoms with E-state index in [9.17, 15) is 0 Å². The van der Waals surface area contributed by atoms with Crippen LogP contribution in [-0.2, 0) is 6.61 Å². The van der Waals surface area contributed by atoms with Gasteiger partial charge in [0.25, 0.3) is 0 Å². The summed E-state index contributed by atoms with van der Waals surface area (Å²) in [5, 5.41) is 7.93. The normalized spacial score (nSPS) is 17.6. The monoisotopic (exact) mass is 411 g/mol. The van der Waals surface area contributed by atoms with Crippen molar-refractivity contribution in [3.05, 3.63) is 101 Å². The molecule has 0 amide bonds. The summed E-state index contributed by atoms with van der Waals surface area (Å²) in [4.78, 5) is 4.39. The summed E-state index contributed by atoms with van der Waals surface area (Å²) in [6.07, 6.45) is 0.850. The van der Waals surface area contributed by atoms with Gasteiger partial charge in [0.15, 0.2) is 0 Å². The second-order valence-electron chi connectivity index (χ2n) is 7.94. The summed E-state index contributed by atoms with van der Waals surface area (Å²) in [5.74, 6) is 1.82. The average molecular weight is 412 g/mol. The molecule has 0 bridgehead atoms. The van der Waals surface area contributed by atoms with E-state index in [2.05, 4.69) is 70.9 Å². The van der Waals surface area contributed by atoms with Crippen molar-refractivity contribution in [1.29, 1.82) is 0 Å². The molecule has 2 heterocycles. The third-order valence-corrected chi connectivity index (χ3v) is 5.70. The Bertz CT molecular complexity index is 1150. The van der Waals surface area contributed by atoms with Gasteiger partial charge >= 0.3 is 0 Å². The molecule has 31 heavy (non-hydrogen) atoms. The predicted octanol–water partition coefficient (Wildman–Crippen LogP) is 4.89. The lowest BCUT2D eigenvalue weighted by Crippen LogP contribution is -2.28. The molecule has 0 saturated carbocycles. The van der Waals surface area contributed by atoms with Crippen molar-refractivity contribution in [2.75, 3.05) is 11.1 Å². The van der Waals surface area contributed by atoms with E-state index in [1.54, 1.807) is 0 Å². The van der Waals surface area contributed by atoms with Crippen LogP contribution in [0.1, 0.15) is 40.8 Å². The number of fused-ring (bicyclic) bond motifs is 1. The third-order valence-electron chi connectivity index (χ3n) is 5.70. The molecule has 3 aromatic carbocycles. The standard InChI is InChI=1S/C25H25N5O/c1-17-7-9-19(10-8-17)22-15-23(30-25(27-22)28-24(26)29-30)20-11-13-21(14-12-20)31-16-18-5-3-2-4-6-18/h2-14,22-23H,15-16H2,1H3,(H3,26,27,28,29). The number of benzene rings is 3. The maximum Gasteiger partial charge on any atom is 0.241 e. The van der Waals surface area contributed by atoms with Gasteiger partial charge in [-0.1, -0.05) is 72.3 Å². The van der Waals surface area contributed by atoms with Crippen LogP contribution in [-0.4, -0.2) is 14.8 Å². The van der Waals surface area contributed by atoms with Gasteiger partial charge in [-0.3, -0.25) is 0 Å². The highest BCUT2D eigenvalue weighted by Crippen LogP contribution is 2.38. The lowest BCUT2D eigenvalue weighted by Gasteiger charge is -2.31. The number of aryl methyl sites for hydroxylation is 1. The molecule has 0 saturated heterocycles. The van der Waals surface area contributed by atoms with E-state index >= 15 is 0 Å². The number of rotatable bonds is 5. The summed E-state index contributed by atoms with van der Waals surface area (Å²) in [5.41, 5.74) is 10.7. The third kappa shape index (κ3) is 4.10. The Balaban J connectivity index is 1.38. The minimum atomic E-state index is 0.0375. The molecule has 1 aliphatic rings. The van der Waals surface area contributed by atoms with Crippen LogP contribution in [0.3, 0.4) is 0 Å². The zero-order chi connectivity index (χ0) is 21.2. The van der Waals surface area contributed by atoms with Crippen LogP contribution < -0.4 is 15.8 Å². The zero-order valence-corrected chi connectivity index (χ0v) is 17.4. The van der Waals surface area contributed by atoms with E-state index in [0.29, 0.717) is 12.6 Å². The number of hydrogen-bond acceptors (Lipinski definition) is 5. The van der Waals surface area contributed by atoms with Gasteiger partial charge in [0.1, 0.15) is 12.4 Å². The maximum atomic E-state index is 5.94. The molecule has 0 aliphatic carbocycles. The lowest BCUT2D eigenvalue weighted by molar-refractivity contribution is 0.306. The molecular formula is C25H25N5O. The Morgan fingerprint density at radius 3 is 2.42 bits per heavy atom. The van der Waals surface area contributed by atoms with E-state index < -0.39 is 0 Å². The van der Waals surface area contributed by atoms with Crippen molar-refractivity contribution in [1.82, 2.24) is 14.8 Å². The lowest BCUT2D eigenvalue weighted by atomic mass is 9.93. The highest BCUT2D eigenvalue weighted by molar-refractivity contribution is 5.42. The van der Waals surface area contributed by atoms with Crippen molar-refractivity contribution < 1.29 is 4.74 Å². The van der Waals surface area contributed by atoms with Gasteiger partial charge in [0, 0.05) is 0 Å². The van der Waals surface area contributed by atoms with Crippen LogP contribution in [0.25, 0.3) is 0 Å². The molecule has 4 aromatic rings. The molecule has 0 fully saturated rings. The molecule has 0 radical (unpaired) electrons. The minimum absolute atomic E-state index is 0.0375. The highest BCUT2D eigenvalue weighted by atomic mass is 16.5. The first-order valence-corrected chi connectivity index (χ1v) is 10.5. The van der Waals surface area contributed by atoms with Gasteiger partial charge in [-0.15, -0.1) is 5.10 Å². The Kier molecular flexibility index (Phi) is 5.04. The zero-order valence-electron chi connectivity index (χ0n) is 17.4. The Morgan fingerprint density at radius 2 is 1.68 bits per heavy atom. The summed E-state index contributed by atoms with van der Waals surface area (Å²) in [7, 11) is 0. The van der Waals surface area contributed by atoms with Gasteiger partial charge in [0.2, 0.25) is 11.9 Å². The SMILES string of the molecule is Cc1ccc(C2CC(c3ccc(OCc4ccccc4)cc3)n3nc(N)nc3N2)cc1. The molecule has 3 N–H and O–H groups in total. The smallest absolute Gasteiger partial charge is 0.241 e. The number of nitrogen functional groups attached to an aromatic ring is 1. The van der Waals surface area contributed by atoms with E-state index in [4.69, 9.17) is 10.5 Å². The second kappa shape index (κ2) is 8.14.